The maximum atomic E-state index is 12.5. The SMILES string of the molecule is C[C@@H]1Sc2ccc(S(=O)(=O)N3CCCC3)cc2NC1=O. The molecule has 3 rings (SSSR count). The van der Waals surface area contributed by atoms with Crippen molar-refractivity contribution >= 4 is 33.4 Å². The van der Waals surface area contributed by atoms with Gasteiger partial charge in [0.15, 0.2) is 0 Å². The summed E-state index contributed by atoms with van der Waals surface area (Å²) < 4.78 is 26.5. The molecule has 2 aliphatic heterocycles. The fraction of sp³-hybridized carbons (Fsp3) is 0.462. The molecule has 1 aromatic carbocycles. The highest BCUT2D eigenvalue weighted by molar-refractivity contribution is 8.01. The minimum absolute atomic E-state index is 0.0850. The van der Waals surface area contributed by atoms with Crippen LogP contribution in [0.5, 0.6) is 0 Å². The summed E-state index contributed by atoms with van der Waals surface area (Å²) in [4.78, 5) is 12.9. The average Bonchev–Trinajstić information content (AvgIpc) is 2.94. The zero-order chi connectivity index (χ0) is 14.3. The van der Waals surface area contributed by atoms with Crippen LogP contribution in [0.4, 0.5) is 5.69 Å². The largest absolute Gasteiger partial charge is 0.324 e. The predicted molar refractivity (Wildman–Crippen MR) is 78.4 cm³/mol. The first-order chi connectivity index (χ1) is 9.48. The van der Waals surface area contributed by atoms with Crippen LogP contribution in [-0.2, 0) is 14.8 Å². The van der Waals surface area contributed by atoms with Crippen molar-refractivity contribution in [3.63, 3.8) is 0 Å². The average molecular weight is 312 g/mol. The van der Waals surface area contributed by atoms with Gasteiger partial charge in [-0.05, 0) is 38.0 Å². The van der Waals surface area contributed by atoms with E-state index in [1.807, 2.05) is 6.92 Å². The first kappa shape index (κ1) is 13.9. The van der Waals surface area contributed by atoms with E-state index in [1.54, 1.807) is 18.2 Å². The van der Waals surface area contributed by atoms with Crippen molar-refractivity contribution in [1.82, 2.24) is 4.31 Å². The Balaban J connectivity index is 1.96. The van der Waals surface area contributed by atoms with Gasteiger partial charge in [-0.15, -0.1) is 11.8 Å². The minimum atomic E-state index is -3.43. The lowest BCUT2D eigenvalue weighted by Crippen LogP contribution is -2.29. The van der Waals surface area contributed by atoms with Crippen molar-refractivity contribution in [2.24, 2.45) is 0 Å². The Hall–Kier alpha value is -1.05. The van der Waals surface area contributed by atoms with Gasteiger partial charge in [0.1, 0.15) is 0 Å². The number of carbonyl (C=O) groups excluding carboxylic acids is 1. The lowest BCUT2D eigenvalue weighted by atomic mass is 10.3. The van der Waals surface area contributed by atoms with Crippen molar-refractivity contribution in [3.05, 3.63) is 18.2 Å². The summed E-state index contributed by atoms with van der Waals surface area (Å²) in [5, 5.41) is 2.62. The molecule has 0 bridgehead atoms. The van der Waals surface area contributed by atoms with E-state index in [1.165, 1.54) is 16.1 Å². The van der Waals surface area contributed by atoms with Crippen LogP contribution < -0.4 is 5.32 Å². The summed E-state index contributed by atoms with van der Waals surface area (Å²) in [7, 11) is -3.43. The molecule has 2 aliphatic rings. The summed E-state index contributed by atoms with van der Waals surface area (Å²) in [6.45, 7) is 2.99. The van der Waals surface area contributed by atoms with E-state index in [9.17, 15) is 13.2 Å². The van der Waals surface area contributed by atoms with Gasteiger partial charge in [0, 0.05) is 18.0 Å². The van der Waals surface area contributed by atoms with Gasteiger partial charge in [-0.25, -0.2) is 8.42 Å². The van der Waals surface area contributed by atoms with Gasteiger partial charge in [-0.1, -0.05) is 0 Å². The topological polar surface area (TPSA) is 66.5 Å². The van der Waals surface area contributed by atoms with Gasteiger partial charge in [-0.2, -0.15) is 4.31 Å². The molecule has 5 nitrogen and oxygen atoms in total. The second-order valence-electron chi connectivity index (χ2n) is 5.02. The van der Waals surface area contributed by atoms with Crippen LogP contribution >= 0.6 is 11.8 Å². The summed E-state index contributed by atoms with van der Waals surface area (Å²) in [5.41, 5.74) is 0.596. The summed E-state index contributed by atoms with van der Waals surface area (Å²) >= 11 is 1.45. The third kappa shape index (κ3) is 2.34. The number of anilines is 1. The normalized spacial score (nSPS) is 23.4. The molecule has 0 radical (unpaired) electrons. The van der Waals surface area contributed by atoms with Gasteiger partial charge in [-0.3, -0.25) is 4.79 Å². The molecule has 1 atom stereocenters. The lowest BCUT2D eigenvalue weighted by molar-refractivity contribution is -0.115. The monoisotopic (exact) mass is 312 g/mol. The molecule has 2 heterocycles. The zero-order valence-corrected chi connectivity index (χ0v) is 12.8. The molecule has 0 aliphatic carbocycles. The van der Waals surface area contributed by atoms with Crippen LogP contribution in [0.15, 0.2) is 28.0 Å². The Morgan fingerprint density at radius 2 is 2.00 bits per heavy atom. The fourth-order valence-electron chi connectivity index (χ4n) is 2.43. The Kier molecular flexibility index (Phi) is 3.51. The summed E-state index contributed by atoms with van der Waals surface area (Å²) in [6.07, 6.45) is 1.82. The predicted octanol–water partition coefficient (Wildman–Crippen LogP) is 1.90. The summed E-state index contributed by atoms with van der Waals surface area (Å²) in [6, 6.07) is 4.97. The third-order valence-corrected chi connectivity index (χ3v) is 6.66. The highest BCUT2D eigenvalue weighted by Crippen LogP contribution is 2.37. The zero-order valence-electron chi connectivity index (χ0n) is 11.1. The number of hydrogen-bond acceptors (Lipinski definition) is 4. The number of nitrogens with one attached hydrogen (secondary N) is 1. The van der Waals surface area contributed by atoms with E-state index in [0.29, 0.717) is 18.8 Å². The summed E-state index contributed by atoms with van der Waals surface area (Å²) in [5.74, 6) is -0.0850. The quantitative estimate of drug-likeness (QED) is 0.906. The molecule has 20 heavy (non-hydrogen) atoms. The highest BCUT2D eigenvalue weighted by Gasteiger charge is 2.29. The van der Waals surface area contributed by atoms with Crippen molar-refractivity contribution in [3.8, 4) is 0 Å². The second-order valence-corrected chi connectivity index (χ2v) is 8.34. The fourth-order valence-corrected chi connectivity index (χ4v) is 4.90. The van der Waals surface area contributed by atoms with Crippen LogP contribution in [0.25, 0.3) is 0 Å². The highest BCUT2D eigenvalue weighted by atomic mass is 32.2. The van der Waals surface area contributed by atoms with E-state index in [4.69, 9.17) is 0 Å². The molecule has 1 N–H and O–H groups in total. The van der Waals surface area contributed by atoms with Crippen molar-refractivity contribution in [2.75, 3.05) is 18.4 Å². The van der Waals surface area contributed by atoms with E-state index in [2.05, 4.69) is 5.32 Å². The number of benzene rings is 1. The maximum absolute atomic E-state index is 12.5. The van der Waals surface area contributed by atoms with Gasteiger partial charge in [0.2, 0.25) is 15.9 Å². The van der Waals surface area contributed by atoms with Gasteiger partial charge >= 0.3 is 0 Å². The van der Waals surface area contributed by atoms with Crippen LogP contribution in [0, 0.1) is 0 Å². The van der Waals surface area contributed by atoms with Crippen LogP contribution in [-0.4, -0.2) is 37.0 Å². The Bertz CT molecular complexity index is 652. The van der Waals surface area contributed by atoms with Crippen molar-refractivity contribution in [1.29, 1.82) is 0 Å². The number of thioether (sulfide) groups is 1. The number of amides is 1. The van der Waals surface area contributed by atoms with Crippen molar-refractivity contribution in [2.45, 2.75) is 34.8 Å². The third-order valence-electron chi connectivity index (χ3n) is 3.58. The van der Waals surface area contributed by atoms with Gasteiger partial charge < -0.3 is 5.32 Å². The van der Waals surface area contributed by atoms with E-state index < -0.39 is 10.0 Å². The Morgan fingerprint density at radius 3 is 2.70 bits per heavy atom. The molecule has 1 aromatic rings. The molecule has 1 saturated heterocycles. The molecule has 1 fully saturated rings. The van der Waals surface area contributed by atoms with Gasteiger partial charge in [0.25, 0.3) is 0 Å². The molecule has 108 valence electrons. The molecule has 0 unspecified atom stereocenters. The second kappa shape index (κ2) is 5.05. The first-order valence-electron chi connectivity index (χ1n) is 6.60. The molecular formula is C13H16N2O3S2. The number of carbonyl (C=O) groups is 1. The van der Waals surface area contributed by atoms with Crippen molar-refractivity contribution < 1.29 is 13.2 Å². The minimum Gasteiger partial charge on any atom is -0.324 e. The van der Waals surface area contributed by atoms with Crippen LogP contribution in [0.1, 0.15) is 19.8 Å². The first-order valence-corrected chi connectivity index (χ1v) is 8.92. The lowest BCUT2D eigenvalue weighted by Gasteiger charge is -2.23. The molecule has 0 spiro atoms. The number of hydrogen-bond donors (Lipinski definition) is 1. The van der Waals surface area contributed by atoms with Crippen LogP contribution in [0.2, 0.25) is 0 Å². The smallest absolute Gasteiger partial charge is 0.243 e. The molecule has 1 amide bonds. The molecule has 0 saturated carbocycles. The number of fused-ring (bicyclic) bond motifs is 1. The standard InChI is InChI=1S/C13H16N2O3S2/c1-9-13(16)14-11-8-10(4-5-12(11)19-9)20(17,18)15-6-2-3-7-15/h4-5,8-9H,2-3,6-7H2,1H3,(H,14,16)/t9-/m0/s1. The van der Waals surface area contributed by atoms with E-state index in [0.717, 1.165) is 17.7 Å². The Labute approximate surface area is 122 Å². The molecular weight excluding hydrogens is 296 g/mol. The molecule has 0 aromatic heterocycles. The van der Waals surface area contributed by atoms with E-state index >= 15 is 0 Å². The maximum Gasteiger partial charge on any atom is 0.243 e. The van der Waals surface area contributed by atoms with E-state index in [-0.39, 0.29) is 16.1 Å². The number of sulfonamides is 1. The van der Waals surface area contributed by atoms with Crippen LogP contribution in [0.3, 0.4) is 0 Å². The van der Waals surface area contributed by atoms with Gasteiger partial charge in [0.05, 0.1) is 15.8 Å². The number of nitrogens with zero attached hydrogens (tertiary/aromatic N) is 1. The Morgan fingerprint density at radius 1 is 1.30 bits per heavy atom. The number of rotatable bonds is 2. The molecule has 7 heteroatoms.